The summed E-state index contributed by atoms with van der Waals surface area (Å²) >= 11 is 0. The van der Waals surface area contributed by atoms with E-state index in [4.69, 9.17) is 0 Å². The molecule has 2 aromatic heterocycles. The van der Waals surface area contributed by atoms with Gasteiger partial charge in [0.25, 0.3) is 0 Å². The molecule has 2 heteroatoms. The molecule has 2 nitrogen and oxygen atoms in total. The molecular formula is C9H8N2. The van der Waals surface area contributed by atoms with E-state index in [1.165, 1.54) is 10.9 Å². The third kappa shape index (κ3) is 0.963. The Balaban J connectivity index is 2.91. The summed E-state index contributed by atoms with van der Waals surface area (Å²) < 4.78 is 0. The summed E-state index contributed by atoms with van der Waals surface area (Å²) in [5.41, 5.74) is 2.14. The first kappa shape index (κ1) is 6.28. The average molecular weight is 144 g/mol. The van der Waals surface area contributed by atoms with Crippen molar-refractivity contribution in [3.63, 3.8) is 0 Å². The fraction of sp³-hybridized carbons (Fsp3) is 0.111. The van der Waals surface area contributed by atoms with Crippen molar-refractivity contribution in [2.75, 3.05) is 0 Å². The average Bonchev–Trinajstić information content (AvgIpc) is 2.06. The van der Waals surface area contributed by atoms with E-state index >= 15 is 0 Å². The number of hydrogen-bond acceptors (Lipinski definition) is 2. The SMILES string of the molecule is Cc1cncc2ncccc12. The van der Waals surface area contributed by atoms with E-state index in [0.717, 1.165) is 5.52 Å². The molecule has 54 valence electrons. The van der Waals surface area contributed by atoms with E-state index in [1.807, 2.05) is 19.2 Å². The molecule has 0 aliphatic heterocycles. The van der Waals surface area contributed by atoms with Gasteiger partial charge in [0.1, 0.15) is 0 Å². The second-order valence-electron chi connectivity index (χ2n) is 2.53. The van der Waals surface area contributed by atoms with Crippen LogP contribution in [-0.2, 0) is 0 Å². The Labute approximate surface area is 64.9 Å². The van der Waals surface area contributed by atoms with E-state index in [0.29, 0.717) is 0 Å². The normalized spacial score (nSPS) is 10.3. The fourth-order valence-electron chi connectivity index (χ4n) is 1.14. The summed E-state index contributed by atoms with van der Waals surface area (Å²) in [6, 6.07) is 3.99. The third-order valence-corrected chi connectivity index (χ3v) is 1.73. The van der Waals surface area contributed by atoms with Gasteiger partial charge >= 0.3 is 0 Å². The lowest BCUT2D eigenvalue weighted by molar-refractivity contribution is 1.27. The highest BCUT2D eigenvalue weighted by Crippen LogP contribution is 2.12. The Morgan fingerprint density at radius 1 is 1.27 bits per heavy atom. The molecule has 2 heterocycles. The summed E-state index contributed by atoms with van der Waals surface area (Å²) in [5, 5.41) is 1.18. The van der Waals surface area contributed by atoms with Crippen molar-refractivity contribution in [3.8, 4) is 0 Å². The smallest absolute Gasteiger partial charge is 0.0887 e. The van der Waals surface area contributed by atoms with E-state index < -0.39 is 0 Å². The van der Waals surface area contributed by atoms with Crippen LogP contribution in [0, 0.1) is 6.92 Å². The molecule has 2 aromatic rings. The third-order valence-electron chi connectivity index (χ3n) is 1.73. The number of rotatable bonds is 0. The van der Waals surface area contributed by atoms with Gasteiger partial charge in [0.2, 0.25) is 0 Å². The van der Waals surface area contributed by atoms with Crippen LogP contribution in [0.2, 0.25) is 0 Å². The Bertz CT molecular complexity index is 377. The van der Waals surface area contributed by atoms with Gasteiger partial charge in [0.05, 0.1) is 11.7 Å². The number of aryl methyl sites for hydroxylation is 1. The highest BCUT2D eigenvalue weighted by atomic mass is 14.7. The minimum Gasteiger partial charge on any atom is -0.262 e. The molecule has 0 radical (unpaired) electrons. The maximum Gasteiger partial charge on any atom is 0.0887 e. The van der Waals surface area contributed by atoms with Crippen molar-refractivity contribution in [2.24, 2.45) is 0 Å². The highest BCUT2D eigenvalue weighted by molar-refractivity contribution is 5.80. The van der Waals surface area contributed by atoms with Gasteiger partial charge < -0.3 is 0 Å². The van der Waals surface area contributed by atoms with Crippen LogP contribution in [0.25, 0.3) is 10.9 Å². The minimum atomic E-state index is 0.965. The van der Waals surface area contributed by atoms with Crippen LogP contribution in [0.3, 0.4) is 0 Å². The molecule has 0 atom stereocenters. The maximum atomic E-state index is 4.18. The van der Waals surface area contributed by atoms with Crippen LogP contribution in [0.1, 0.15) is 5.56 Å². The van der Waals surface area contributed by atoms with E-state index in [-0.39, 0.29) is 0 Å². The summed E-state index contributed by atoms with van der Waals surface area (Å²) in [4.78, 5) is 8.23. The first-order valence-corrected chi connectivity index (χ1v) is 3.53. The topological polar surface area (TPSA) is 25.8 Å². The second-order valence-corrected chi connectivity index (χ2v) is 2.53. The number of pyridine rings is 2. The summed E-state index contributed by atoms with van der Waals surface area (Å²) in [6.07, 6.45) is 5.41. The largest absolute Gasteiger partial charge is 0.262 e. The molecule has 2 rings (SSSR count). The molecule has 0 aliphatic carbocycles. The van der Waals surface area contributed by atoms with Crippen LogP contribution >= 0.6 is 0 Å². The number of fused-ring (bicyclic) bond motifs is 1. The van der Waals surface area contributed by atoms with Crippen molar-refractivity contribution in [1.82, 2.24) is 9.97 Å². The molecule has 0 spiro atoms. The van der Waals surface area contributed by atoms with Gasteiger partial charge in [0, 0.05) is 17.8 Å². The Morgan fingerprint density at radius 3 is 3.00 bits per heavy atom. The molecule has 0 aromatic carbocycles. The maximum absolute atomic E-state index is 4.18. The number of nitrogens with zero attached hydrogens (tertiary/aromatic N) is 2. The van der Waals surface area contributed by atoms with Gasteiger partial charge in [-0.2, -0.15) is 0 Å². The zero-order valence-electron chi connectivity index (χ0n) is 6.28. The predicted molar refractivity (Wildman–Crippen MR) is 44.3 cm³/mol. The van der Waals surface area contributed by atoms with Crippen molar-refractivity contribution >= 4 is 10.9 Å². The molecule has 0 saturated heterocycles. The summed E-state index contributed by atoms with van der Waals surface area (Å²) in [7, 11) is 0. The van der Waals surface area contributed by atoms with Gasteiger partial charge in [-0.05, 0) is 18.6 Å². The molecule has 0 saturated carbocycles. The first-order valence-electron chi connectivity index (χ1n) is 3.53. The van der Waals surface area contributed by atoms with Crippen LogP contribution in [0.5, 0.6) is 0 Å². The molecule has 0 N–H and O–H groups in total. The monoisotopic (exact) mass is 144 g/mol. The Morgan fingerprint density at radius 2 is 2.18 bits per heavy atom. The molecular weight excluding hydrogens is 136 g/mol. The van der Waals surface area contributed by atoms with E-state index in [2.05, 4.69) is 16.0 Å². The molecule has 0 bridgehead atoms. The number of aromatic nitrogens is 2. The summed E-state index contributed by atoms with van der Waals surface area (Å²) in [6.45, 7) is 2.04. The van der Waals surface area contributed by atoms with Crippen LogP contribution < -0.4 is 0 Å². The quantitative estimate of drug-likeness (QED) is 0.564. The fourth-order valence-corrected chi connectivity index (χ4v) is 1.14. The molecule has 0 fully saturated rings. The molecule has 11 heavy (non-hydrogen) atoms. The van der Waals surface area contributed by atoms with Gasteiger partial charge in [-0.15, -0.1) is 0 Å². The van der Waals surface area contributed by atoms with Gasteiger partial charge in [-0.1, -0.05) is 6.07 Å². The van der Waals surface area contributed by atoms with Gasteiger partial charge in [0.15, 0.2) is 0 Å². The molecule has 0 aliphatic rings. The van der Waals surface area contributed by atoms with E-state index in [9.17, 15) is 0 Å². The molecule has 0 unspecified atom stereocenters. The van der Waals surface area contributed by atoms with E-state index in [1.54, 1.807) is 12.4 Å². The van der Waals surface area contributed by atoms with Crippen LogP contribution in [0.4, 0.5) is 0 Å². The number of hydrogen-bond donors (Lipinski definition) is 0. The van der Waals surface area contributed by atoms with Crippen LogP contribution in [0.15, 0.2) is 30.7 Å². The van der Waals surface area contributed by atoms with Gasteiger partial charge in [-0.25, -0.2) is 0 Å². The Kier molecular flexibility index (Phi) is 1.32. The first-order chi connectivity index (χ1) is 5.38. The minimum absolute atomic E-state index is 0.965. The lowest BCUT2D eigenvalue weighted by Crippen LogP contribution is -1.82. The Hall–Kier alpha value is -1.44. The van der Waals surface area contributed by atoms with Crippen molar-refractivity contribution in [1.29, 1.82) is 0 Å². The van der Waals surface area contributed by atoms with Crippen LogP contribution in [-0.4, -0.2) is 9.97 Å². The predicted octanol–water partition coefficient (Wildman–Crippen LogP) is 1.94. The lowest BCUT2D eigenvalue weighted by Gasteiger charge is -1.97. The van der Waals surface area contributed by atoms with Crippen molar-refractivity contribution in [3.05, 3.63) is 36.3 Å². The van der Waals surface area contributed by atoms with Gasteiger partial charge in [-0.3, -0.25) is 9.97 Å². The van der Waals surface area contributed by atoms with Crippen molar-refractivity contribution < 1.29 is 0 Å². The standard InChI is InChI=1S/C9H8N2/c1-7-5-10-6-9-8(7)3-2-4-11-9/h2-6H,1H3. The summed E-state index contributed by atoms with van der Waals surface area (Å²) in [5.74, 6) is 0. The zero-order chi connectivity index (χ0) is 7.68. The molecule has 0 amide bonds. The zero-order valence-corrected chi connectivity index (χ0v) is 6.28. The second kappa shape index (κ2) is 2.31. The highest BCUT2D eigenvalue weighted by Gasteiger charge is 1.94. The lowest BCUT2D eigenvalue weighted by atomic mass is 10.2. The van der Waals surface area contributed by atoms with Crippen molar-refractivity contribution in [2.45, 2.75) is 6.92 Å².